The number of thioether (sulfide) groups is 1. The molecule has 148 valence electrons. The summed E-state index contributed by atoms with van der Waals surface area (Å²) in [7, 11) is 7.75. The van der Waals surface area contributed by atoms with E-state index in [0.717, 1.165) is 23.5 Å². The predicted octanol–water partition coefficient (Wildman–Crippen LogP) is 3.37. The maximum Gasteiger partial charge on any atom is 0.191 e. The van der Waals surface area contributed by atoms with Gasteiger partial charge in [0.05, 0.1) is 13.2 Å². The fourth-order valence-electron chi connectivity index (χ4n) is 3.38. The van der Waals surface area contributed by atoms with Crippen molar-refractivity contribution in [1.82, 2.24) is 15.5 Å². The number of guanidine groups is 1. The fraction of sp³-hybridized carbons (Fsp3) is 0.632. The molecule has 1 saturated carbocycles. The van der Waals surface area contributed by atoms with Crippen LogP contribution in [0.3, 0.4) is 0 Å². The molecule has 1 aromatic carbocycles. The first-order chi connectivity index (χ1) is 12.1. The van der Waals surface area contributed by atoms with Crippen molar-refractivity contribution in [3.05, 3.63) is 29.8 Å². The zero-order chi connectivity index (χ0) is 18.2. The first-order valence-corrected chi connectivity index (χ1v) is 10.2. The summed E-state index contributed by atoms with van der Waals surface area (Å²) in [6.07, 6.45) is 5.92. The lowest BCUT2D eigenvalue weighted by atomic mass is 10.0. The van der Waals surface area contributed by atoms with Gasteiger partial charge in [-0.3, -0.25) is 4.99 Å². The zero-order valence-corrected chi connectivity index (χ0v) is 19.6. The Morgan fingerprint density at radius 3 is 2.65 bits per heavy atom. The first kappa shape index (κ1) is 23.4. The summed E-state index contributed by atoms with van der Waals surface area (Å²) in [6, 6.07) is 8.93. The zero-order valence-electron chi connectivity index (χ0n) is 16.5. The molecule has 7 heteroatoms. The number of hydrogen-bond acceptors (Lipinski definition) is 4. The summed E-state index contributed by atoms with van der Waals surface area (Å²) < 4.78 is 5.54. The second-order valence-corrected chi connectivity index (χ2v) is 7.82. The lowest BCUT2D eigenvalue weighted by Gasteiger charge is -2.28. The summed E-state index contributed by atoms with van der Waals surface area (Å²) in [5, 5.41) is 7.85. The molecule has 3 unspecified atom stereocenters. The molecule has 0 bridgehead atoms. The molecule has 2 N–H and O–H groups in total. The molecule has 1 aliphatic carbocycles. The van der Waals surface area contributed by atoms with Crippen LogP contribution in [0.5, 0.6) is 5.75 Å². The van der Waals surface area contributed by atoms with Crippen LogP contribution in [0.2, 0.25) is 0 Å². The molecule has 0 amide bonds. The molecule has 1 fully saturated rings. The Balaban J connectivity index is 0.00000338. The van der Waals surface area contributed by atoms with Gasteiger partial charge in [-0.15, -0.1) is 24.0 Å². The van der Waals surface area contributed by atoms with Crippen molar-refractivity contribution in [2.24, 2.45) is 4.99 Å². The molecule has 1 aliphatic rings. The Bertz CT molecular complexity index is 570. The topological polar surface area (TPSA) is 48.9 Å². The molecule has 5 nitrogen and oxygen atoms in total. The maximum atomic E-state index is 5.54. The van der Waals surface area contributed by atoms with Crippen LogP contribution in [0.4, 0.5) is 0 Å². The SMILES string of the molecule is CN=C(NCC(c1ccccc1OC)N(C)C)NC1CCC(SC)C1.I. The Labute approximate surface area is 179 Å². The van der Waals surface area contributed by atoms with Crippen molar-refractivity contribution in [1.29, 1.82) is 0 Å². The highest BCUT2D eigenvalue weighted by molar-refractivity contribution is 14.0. The standard InChI is InChI=1S/C19H32N4OS.HI/c1-20-19(22-14-10-11-15(12-14)25-5)21-13-17(23(2)3)16-8-6-7-9-18(16)24-4;/h6-9,14-15,17H,10-13H2,1-5H3,(H2,20,21,22);1H. The quantitative estimate of drug-likeness (QED) is 0.347. The van der Waals surface area contributed by atoms with Crippen LogP contribution in [-0.2, 0) is 0 Å². The third kappa shape index (κ3) is 6.49. The molecule has 1 aromatic rings. The van der Waals surface area contributed by atoms with Gasteiger partial charge in [0.25, 0.3) is 0 Å². The molecule has 26 heavy (non-hydrogen) atoms. The van der Waals surface area contributed by atoms with Crippen LogP contribution in [0.15, 0.2) is 29.3 Å². The van der Waals surface area contributed by atoms with Gasteiger partial charge in [0.2, 0.25) is 0 Å². The number of ether oxygens (including phenoxy) is 1. The van der Waals surface area contributed by atoms with Crippen molar-refractivity contribution in [3.8, 4) is 5.75 Å². The van der Waals surface area contributed by atoms with Gasteiger partial charge in [-0.2, -0.15) is 11.8 Å². The highest BCUT2D eigenvalue weighted by atomic mass is 127. The molecular formula is C19H33IN4OS. The monoisotopic (exact) mass is 492 g/mol. The normalized spacial score (nSPS) is 21.2. The van der Waals surface area contributed by atoms with Gasteiger partial charge in [0, 0.05) is 30.4 Å². The number of aliphatic imine (C=N–C) groups is 1. The highest BCUT2D eigenvalue weighted by Gasteiger charge is 2.25. The van der Waals surface area contributed by atoms with Crippen LogP contribution in [0.1, 0.15) is 30.9 Å². The van der Waals surface area contributed by atoms with E-state index in [0.29, 0.717) is 6.04 Å². The lowest BCUT2D eigenvalue weighted by molar-refractivity contribution is 0.287. The number of nitrogens with zero attached hydrogens (tertiary/aromatic N) is 2. The fourth-order valence-corrected chi connectivity index (χ4v) is 4.18. The van der Waals surface area contributed by atoms with Gasteiger partial charge in [-0.1, -0.05) is 18.2 Å². The lowest BCUT2D eigenvalue weighted by Crippen LogP contribution is -2.45. The summed E-state index contributed by atoms with van der Waals surface area (Å²) in [5.74, 6) is 1.80. The molecule has 0 aromatic heterocycles. The minimum absolute atomic E-state index is 0. The first-order valence-electron chi connectivity index (χ1n) is 8.88. The number of halogens is 1. The van der Waals surface area contributed by atoms with Crippen molar-refractivity contribution in [2.75, 3.05) is 41.1 Å². The number of para-hydroxylation sites is 1. The summed E-state index contributed by atoms with van der Waals surface area (Å²) in [5.41, 5.74) is 1.18. The molecule has 0 spiro atoms. The Hall–Kier alpha value is -0.670. The number of nitrogens with one attached hydrogen (secondary N) is 2. The minimum atomic E-state index is 0. The maximum absolute atomic E-state index is 5.54. The number of methoxy groups -OCH3 is 1. The van der Waals surface area contributed by atoms with E-state index in [1.54, 1.807) is 7.11 Å². The molecule has 0 saturated heterocycles. The van der Waals surface area contributed by atoms with Gasteiger partial charge >= 0.3 is 0 Å². The van der Waals surface area contributed by atoms with Gasteiger partial charge in [-0.05, 0) is 45.7 Å². The molecule has 0 aliphatic heterocycles. The molecule has 0 heterocycles. The van der Waals surface area contributed by atoms with Crippen LogP contribution in [-0.4, -0.2) is 63.2 Å². The van der Waals surface area contributed by atoms with E-state index in [-0.39, 0.29) is 30.0 Å². The Morgan fingerprint density at radius 2 is 2.08 bits per heavy atom. The third-order valence-corrected chi connectivity index (χ3v) is 5.96. The smallest absolute Gasteiger partial charge is 0.191 e. The summed E-state index contributed by atoms with van der Waals surface area (Å²) in [4.78, 5) is 6.61. The molecular weight excluding hydrogens is 459 g/mol. The Morgan fingerprint density at radius 1 is 1.35 bits per heavy atom. The molecule has 0 radical (unpaired) electrons. The predicted molar refractivity (Wildman–Crippen MR) is 124 cm³/mol. The molecule has 2 rings (SSSR count). The van der Waals surface area contributed by atoms with E-state index < -0.39 is 0 Å². The van der Waals surface area contributed by atoms with Crippen molar-refractivity contribution < 1.29 is 4.74 Å². The summed E-state index contributed by atoms with van der Waals surface area (Å²) in [6.45, 7) is 0.770. The van der Waals surface area contributed by atoms with E-state index in [1.165, 1.54) is 24.8 Å². The van der Waals surface area contributed by atoms with E-state index in [4.69, 9.17) is 4.74 Å². The number of likely N-dealkylation sites (N-methyl/N-ethyl adjacent to an activating group) is 1. The Kier molecular flexibility index (Phi) is 10.7. The average molecular weight is 492 g/mol. The van der Waals surface area contributed by atoms with Crippen LogP contribution >= 0.6 is 35.7 Å². The van der Waals surface area contributed by atoms with Crippen molar-refractivity contribution in [3.63, 3.8) is 0 Å². The van der Waals surface area contributed by atoms with Gasteiger partial charge in [0.15, 0.2) is 5.96 Å². The van der Waals surface area contributed by atoms with Gasteiger partial charge in [0.1, 0.15) is 5.75 Å². The van der Waals surface area contributed by atoms with E-state index >= 15 is 0 Å². The van der Waals surface area contributed by atoms with Crippen molar-refractivity contribution in [2.45, 2.75) is 36.6 Å². The van der Waals surface area contributed by atoms with E-state index in [2.05, 4.69) is 53.0 Å². The largest absolute Gasteiger partial charge is 0.496 e. The van der Waals surface area contributed by atoms with Crippen LogP contribution < -0.4 is 15.4 Å². The van der Waals surface area contributed by atoms with Gasteiger partial charge < -0.3 is 20.3 Å². The highest BCUT2D eigenvalue weighted by Crippen LogP contribution is 2.29. The van der Waals surface area contributed by atoms with Gasteiger partial charge in [-0.25, -0.2) is 0 Å². The second kappa shape index (κ2) is 11.9. The van der Waals surface area contributed by atoms with Crippen LogP contribution in [0.25, 0.3) is 0 Å². The van der Waals surface area contributed by atoms with E-state index in [9.17, 15) is 0 Å². The number of rotatable bonds is 7. The van der Waals surface area contributed by atoms with E-state index in [1.807, 2.05) is 30.9 Å². The minimum Gasteiger partial charge on any atom is -0.496 e. The second-order valence-electron chi connectivity index (χ2n) is 6.69. The van der Waals surface area contributed by atoms with Crippen LogP contribution in [0, 0.1) is 0 Å². The molecule has 3 atom stereocenters. The average Bonchev–Trinajstić information content (AvgIpc) is 3.08. The number of hydrogen-bond donors (Lipinski definition) is 2. The van der Waals surface area contributed by atoms with Crippen molar-refractivity contribution >= 4 is 41.7 Å². The third-order valence-electron chi connectivity index (χ3n) is 4.87. The number of benzene rings is 1. The summed E-state index contributed by atoms with van der Waals surface area (Å²) >= 11 is 1.97.